The molecule has 1 aliphatic heterocycles. The number of furan rings is 1. The number of hydrogen-bond acceptors (Lipinski definition) is 4. The summed E-state index contributed by atoms with van der Waals surface area (Å²) in [5.74, 6) is 0.389. The molecule has 0 saturated carbocycles. The lowest BCUT2D eigenvalue weighted by molar-refractivity contribution is -0.143. The SMILES string of the molecule is O=C([C@H]1CCCO1)N(Cc1ccccc1)C[C@@H](O)c1ccco1. The van der Waals surface area contributed by atoms with Gasteiger partial charge in [0.2, 0.25) is 0 Å². The molecule has 0 aliphatic carbocycles. The quantitative estimate of drug-likeness (QED) is 0.890. The van der Waals surface area contributed by atoms with Crippen molar-refractivity contribution in [2.75, 3.05) is 13.2 Å². The van der Waals surface area contributed by atoms with E-state index in [0.717, 1.165) is 18.4 Å². The summed E-state index contributed by atoms with van der Waals surface area (Å²) in [6, 6.07) is 13.2. The summed E-state index contributed by atoms with van der Waals surface area (Å²) in [5, 5.41) is 10.3. The van der Waals surface area contributed by atoms with E-state index < -0.39 is 12.2 Å². The van der Waals surface area contributed by atoms with Gasteiger partial charge in [0, 0.05) is 13.2 Å². The highest BCUT2D eigenvalue weighted by Crippen LogP contribution is 2.20. The molecule has 2 aromatic rings. The van der Waals surface area contributed by atoms with Gasteiger partial charge in [0.05, 0.1) is 12.8 Å². The maximum absolute atomic E-state index is 12.7. The normalized spacial score (nSPS) is 18.7. The van der Waals surface area contributed by atoms with E-state index in [0.29, 0.717) is 18.9 Å². The lowest BCUT2D eigenvalue weighted by Crippen LogP contribution is -2.40. The Morgan fingerprint density at radius 2 is 2.09 bits per heavy atom. The van der Waals surface area contributed by atoms with Crippen LogP contribution in [0.2, 0.25) is 0 Å². The van der Waals surface area contributed by atoms with Gasteiger partial charge in [-0.1, -0.05) is 30.3 Å². The summed E-state index contributed by atoms with van der Waals surface area (Å²) >= 11 is 0. The lowest BCUT2D eigenvalue weighted by atomic mass is 10.1. The number of hydrogen-bond donors (Lipinski definition) is 1. The second-order valence-corrected chi connectivity index (χ2v) is 5.74. The van der Waals surface area contributed by atoms with Crippen molar-refractivity contribution in [2.45, 2.75) is 31.6 Å². The van der Waals surface area contributed by atoms with Crippen LogP contribution in [-0.2, 0) is 16.1 Å². The fourth-order valence-corrected chi connectivity index (χ4v) is 2.79. The highest BCUT2D eigenvalue weighted by molar-refractivity contribution is 5.81. The van der Waals surface area contributed by atoms with Crippen LogP contribution in [0.1, 0.15) is 30.3 Å². The Morgan fingerprint density at radius 3 is 2.74 bits per heavy atom. The minimum absolute atomic E-state index is 0.0723. The van der Waals surface area contributed by atoms with Crippen molar-refractivity contribution in [2.24, 2.45) is 0 Å². The van der Waals surface area contributed by atoms with Gasteiger partial charge in [-0.25, -0.2) is 0 Å². The van der Waals surface area contributed by atoms with Crippen molar-refractivity contribution < 1.29 is 19.1 Å². The number of amides is 1. The fraction of sp³-hybridized carbons (Fsp3) is 0.389. The van der Waals surface area contributed by atoms with Crippen LogP contribution in [0.15, 0.2) is 53.1 Å². The summed E-state index contributed by atoms with van der Waals surface area (Å²) in [7, 11) is 0. The molecule has 0 radical (unpaired) electrons. The standard InChI is InChI=1S/C18H21NO4/c20-15(16-8-4-10-22-16)13-19(12-14-6-2-1-3-7-14)18(21)17-9-5-11-23-17/h1-4,6-8,10,15,17,20H,5,9,11-13H2/t15-,17-/m1/s1. The van der Waals surface area contributed by atoms with Gasteiger partial charge in [-0.15, -0.1) is 0 Å². The van der Waals surface area contributed by atoms with E-state index in [2.05, 4.69) is 0 Å². The number of aliphatic hydroxyl groups excluding tert-OH is 1. The Balaban J connectivity index is 1.73. The number of carbonyl (C=O) groups is 1. The molecule has 5 heteroatoms. The van der Waals surface area contributed by atoms with E-state index in [1.165, 1.54) is 6.26 Å². The molecule has 1 aromatic carbocycles. The Bertz CT molecular complexity index is 605. The monoisotopic (exact) mass is 315 g/mol. The molecule has 0 spiro atoms. The average molecular weight is 315 g/mol. The third-order valence-electron chi connectivity index (χ3n) is 4.00. The Morgan fingerprint density at radius 1 is 1.26 bits per heavy atom. The van der Waals surface area contributed by atoms with Crippen molar-refractivity contribution in [3.8, 4) is 0 Å². The number of aliphatic hydroxyl groups is 1. The third kappa shape index (κ3) is 4.00. The average Bonchev–Trinajstić information content (AvgIpc) is 3.27. The number of nitrogens with zero attached hydrogens (tertiary/aromatic N) is 1. The van der Waals surface area contributed by atoms with Gasteiger partial charge in [0.15, 0.2) is 0 Å². The van der Waals surface area contributed by atoms with Crippen LogP contribution in [-0.4, -0.2) is 35.2 Å². The second-order valence-electron chi connectivity index (χ2n) is 5.74. The van der Waals surface area contributed by atoms with Gasteiger partial charge in [0.25, 0.3) is 5.91 Å². The zero-order chi connectivity index (χ0) is 16.1. The Kier molecular flexibility index (Phi) is 5.10. The summed E-state index contributed by atoms with van der Waals surface area (Å²) < 4.78 is 10.7. The number of ether oxygens (including phenoxy) is 1. The largest absolute Gasteiger partial charge is 0.467 e. The van der Waals surface area contributed by atoms with Gasteiger partial charge < -0.3 is 19.2 Å². The maximum atomic E-state index is 12.7. The molecular formula is C18H21NO4. The van der Waals surface area contributed by atoms with Crippen LogP contribution in [0.4, 0.5) is 0 Å². The van der Waals surface area contributed by atoms with Crippen LogP contribution in [0.5, 0.6) is 0 Å². The molecule has 2 heterocycles. The third-order valence-corrected chi connectivity index (χ3v) is 4.00. The smallest absolute Gasteiger partial charge is 0.252 e. The van der Waals surface area contributed by atoms with Gasteiger partial charge in [-0.05, 0) is 30.5 Å². The van der Waals surface area contributed by atoms with E-state index in [9.17, 15) is 9.90 Å². The minimum atomic E-state index is -0.848. The van der Waals surface area contributed by atoms with Gasteiger partial charge in [-0.3, -0.25) is 4.79 Å². The van der Waals surface area contributed by atoms with Crippen LogP contribution in [0.3, 0.4) is 0 Å². The van der Waals surface area contributed by atoms with E-state index in [-0.39, 0.29) is 12.5 Å². The number of carbonyl (C=O) groups excluding carboxylic acids is 1. The van der Waals surface area contributed by atoms with Crippen LogP contribution >= 0.6 is 0 Å². The van der Waals surface area contributed by atoms with Crippen LogP contribution < -0.4 is 0 Å². The van der Waals surface area contributed by atoms with E-state index in [1.54, 1.807) is 17.0 Å². The molecule has 0 bridgehead atoms. The Labute approximate surface area is 135 Å². The minimum Gasteiger partial charge on any atom is -0.467 e. The zero-order valence-electron chi connectivity index (χ0n) is 12.9. The fourth-order valence-electron chi connectivity index (χ4n) is 2.79. The lowest BCUT2D eigenvalue weighted by Gasteiger charge is -2.27. The van der Waals surface area contributed by atoms with E-state index in [4.69, 9.17) is 9.15 Å². The summed E-state index contributed by atoms with van der Waals surface area (Å²) in [6.45, 7) is 1.24. The van der Waals surface area contributed by atoms with Crippen LogP contribution in [0, 0.1) is 0 Å². The molecule has 1 amide bonds. The molecule has 23 heavy (non-hydrogen) atoms. The van der Waals surface area contributed by atoms with Crippen molar-refractivity contribution in [1.82, 2.24) is 4.90 Å². The zero-order valence-corrected chi connectivity index (χ0v) is 12.9. The van der Waals surface area contributed by atoms with Gasteiger partial charge in [0.1, 0.15) is 18.0 Å². The molecule has 1 fully saturated rings. The van der Waals surface area contributed by atoms with E-state index >= 15 is 0 Å². The van der Waals surface area contributed by atoms with Gasteiger partial charge >= 0.3 is 0 Å². The molecule has 0 unspecified atom stereocenters. The second kappa shape index (κ2) is 7.44. The molecule has 2 atom stereocenters. The Hall–Kier alpha value is -2.11. The molecule has 5 nitrogen and oxygen atoms in total. The van der Waals surface area contributed by atoms with Gasteiger partial charge in [-0.2, -0.15) is 0 Å². The highest BCUT2D eigenvalue weighted by Gasteiger charge is 2.30. The first-order valence-electron chi connectivity index (χ1n) is 7.90. The van der Waals surface area contributed by atoms with Crippen molar-refractivity contribution >= 4 is 5.91 Å². The first kappa shape index (κ1) is 15.8. The first-order chi connectivity index (χ1) is 11.2. The predicted molar refractivity (Wildman–Crippen MR) is 84.5 cm³/mol. The summed E-state index contributed by atoms with van der Waals surface area (Å²) in [4.78, 5) is 14.4. The number of rotatable bonds is 6. The first-order valence-corrected chi connectivity index (χ1v) is 7.90. The highest BCUT2D eigenvalue weighted by atomic mass is 16.5. The summed E-state index contributed by atoms with van der Waals surface area (Å²) in [5.41, 5.74) is 1.02. The molecule has 1 N–H and O–H groups in total. The van der Waals surface area contributed by atoms with Crippen molar-refractivity contribution in [3.05, 3.63) is 60.1 Å². The maximum Gasteiger partial charge on any atom is 0.252 e. The predicted octanol–water partition coefficient (Wildman–Crippen LogP) is 2.52. The van der Waals surface area contributed by atoms with Crippen LogP contribution in [0.25, 0.3) is 0 Å². The molecule has 1 aliphatic rings. The molecular weight excluding hydrogens is 294 g/mol. The van der Waals surface area contributed by atoms with Crippen molar-refractivity contribution in [1.29, 1.82) is 0 Å². The molecule has 3 rings (SSSR count). The summed E-state index contributed by atoms with van der Waals surface area (Å²) in [6.07, 6.45) is 1.90. The number of benzene rings is 1. The molecule has 1 aromatic heterocycles. The van der Waals surface area contributed by atoms with Crippen molar-refractivity contribution in [3.63, 3.8) is 0 Å². The molecule has 122 valence electrons. The van der Waals surface area contributed by atoms with E-state index in [1.807, 2.05) is 30.3 Å². The topological polar surface area (TPSA) is 62.9 Å². The molecule has 1 saturated heterocycles.